The normalized spacial score (nSPS) is 18.7. The first-order valence-electron chi connectivity index (χ1n) is 10.2. The molecule has 1 aliphatic rings. The molecule has 3 rings (SSSR count). The Labute approximate surface area is 172 Å². The predicted octanol–water partition coefficient (Wildman–Crippen LogP) is 3.14. The Balaban J connectivity index is 1.73. The Kier molecular flexibility index (Phi) is 7.22. The van der Waals surface area contributed by atoms with Gasteiger partial charge in [0.05, 0.1) is 19.1 Å². The number of carbonyl (C=O) groups is 2. The zero-order valence-corrected chi connectivity index (χ0v) is 17.1. The van der Waals surface area contributed by atoms with Crippen LogP contribution >= 0.6 is 0 Å². The van der Waals surface area contributed by atoms with Crippen LogP contribution in [0.15, 0.2) is 48.7 Å². The molecule has 2 aromatic rings. The number of methoxy groups -OCH3 is 1. The van der Waals surface area contributed by atoms with Crippen molar-refractivity contribution >= 4 is 11.8 Å². The number of likely N-dealkylation sites (tertiary alicyclic amines) is 1. The number of nitrogens with one attached hydrogen (secondary N) is 1. The minimum Gasteiger partial charge on any atom is -0.497 e. The van der Waals surface area contributed by atoms with Gasteiger partial charge in [0.15, 0.2) is 0 Å². The first-order chi connectivity index (χ1) is 14.1. The third-order valence-electron chi connectivity index (χ3n) is 5.38. The lowest BCUT2D eigenvalue weighted by molar-refractivity contribution is -0.129. The van der Waals surface area contributed by atoms with Crippen molar-refractivity contribution in [1.29, 1.82) is 0 Å². The van der Waals surface area contributed by atoms with E-state index < -0.39 is 5.92 Å². The van der Waals surface area contributed by atoms with Gasteiger partial charge < -0.3 is 15.0 Å². The molecule has 154 valence electrons. The molecule has 2 heterocycles. The summed E-state index contributed by atoms with van der Waals surface area (Å²) in [7, 11) is 1.62. The summed E-state index contributed by atoms with van der Waals surface area (Å²) in [5.41, 5.74) is 1.91. The highest BCUT2D eigenvalue weighted by Crippen LogP contribution is 2.39. The molecule has 0 aliphatic carbocycles. The molecule has 0 bridgehead atoms. The number of unbranched alkanes of at least 4 members (excludes halogenated alkanes) is 1. The second kappa shape index (κ2) is 10.0. The summed E-state index contributed by atoms with van der Waals surface area (Å²) < 4.78 is 5.25. The minimum atomic E-state index is -0.392. The molecule has 1 saturated heterocycles. The summed E-state index contributed by atoms with van der Waals surface area (Å²) in [6.07, 6.45) is 4.58. The van der Waals surface area contributed by atoms with Crippen molar-refractivity contribution in [2.45, 2.75) is 38.6 Å². The Morgan fingerprint density at radius 2 is 2.03 bits per heavy atom. The molecule has 1 aromatic heterocycles. The van der Waals surface area contributed by atoms with E-state index >= 15 is 0 Å². The number of pyridine rings is 1. The Bertz CT molecular complexity index is 808. The number of hydrogen-bond acceptors (Lipinski definition) is 4. The predicted molar refractivity (Wildman–Crippen MR) is 111 cm³/mol. The maximum absolute atomic E-state index is 13.0. The smallest absolute Gasteiger partial charge is 0.226 e. The molecule has 1 fully saturated rings. The number of amides is 2. The van der Waals surface area contributed by atoms with Crippen LogP contribution in [0.3, 0.4) is 0 Å². The van der Waals surface area contributed by atoms with E-state index in [4.69, 9.17) is 4.74 Å². The maximum Gasteiger partial charge on any atom is 0.226 e. The number of aromatic nitrogens is 1. The van der Waals surface area contributed by atoms with Crippen molar-refractivity contribution in [1.82, 2.24) is 15.2 Å². The average Bonchev–Trinajstić information content (AvgIpc) is 3.09. The Morgan fingerprint density at radius 3 is 2.69 bits per heavy atom. The largest absolute Gasteiger partial charge is 0.497 e. The van der Waals surface area contributed by atoms with Crippen LogP contribution in [0, 0.1) is 5.92 Å². The van der Waals surface area contributed by atoms with Gasteiger partial charge in [0.25, 0.3) is 0 Å². The molecule has 6 heteroatoms. The van der Waals surface area contributed by atoms with Crippen LogP contribution in [0.5, 0.6) is 5.75 Å². The zero-order chi connectivity index (χ0) is 20.6. The molecule has 29 heavy (non-hydrogen) atoms. The summed E-state index contributed by atoms with van der Waals surface area (Å²) in [5, 5.41) is 3.01. The summed E-state index contributed by atoms with van der Waals surface area (Å²) >= 11 is 0. The Hall–Kier alpha value is -2.89. The second-order valence-corrected chi connectivity index (χ2v) is 7.33. The number of ether oxygens (including phenoxy) is 1. The topological polar surface area (TPSA) is 71.5 Å². The van der Waals surface area contributed by atoms with E-state index in [0.29, 0.717) is 19.5 Å². The van der Waals surface area contributed by atoms with Crippen LogP contribution in [-0.4, -0.2) is 41.9 Å². The van der Waals surface area contributed by atoms with E-state index in [2.05, 4.69) is 17.2 Å². The summed E-state index contributed by atoms with van der Waals surface area (Å²) in [4.78, 5) is 31.8. The fourth-order valence-electron chi connectivity index (χ4n) is 3.82. The van der Waals surface area contributed by atoms with Gasteiger partial charge in [-0.1, -0.05) is 31.5 Å². The van der Waals surface area contributed by atoms with E-state index in [1.54, 1.807) is 13.3 Å². The zero-order valence-electron chi connectivity index (χ0n) is 17.1. The first-order valence-corrected chi connectivity index (χ1v) is 10.2. The number of benzene rings is 1. The summed E-state index contributed by atoms with van der Waals surface area (Å²) in [6, 6.07) is 13.2. The van der Waals surface area contributed by atoms with Crippen molar-refractivity contribution in [3.05, 3.63) is 59.9 Å². The fraction of sp³-hybridized carbons (Fsp3) is 0.435. The van der Waals surface area contributed by atoms with Gasteiger partial charge >= 0.3 is 0 Å². The van der Waals surface area contributed by atoms with Crippen molar-refractivity contribution in [2.24, 2.45) is 5.92 Å². The van der Waals surface area contributed by atoms with Crippen LogP contribution in [0.2, 0.25) is 0 Å². The van der Waals surface area contributed by atoms with Crippen molar-refractivity contribution in [2.75, 3.05) is 20.2 Å². The van der Waals surface area contributed by atoms with E-state index in [0.717, 1.165) is 29.8 Å². The van der Waals surface area contributed by atoms with Gasteiger partial charge in [0, 0.05) is 37.8 Å². The molecule has 0 radical (unpaired) electrons. The van der Waals surface area contributed by atoms with Gasteiger partial charge in [-0.25, -0.2) is 0 Å². The lowest BCUT2D eigenvalue weighted by atomic mass is 9.92. The number of nitrogens with zero attached hydrogens (tertiary/aromatic N) is 2. The average molecular weight is 396 g/mol. The molecule has 2 amide bonds. The summed E-state index contributed by atoms with van der Waals surface area (Å²) in [5.74, 6) is 0.337. The molecule has 6 nitrogen and oxygen atoms in total. The standard InChI is InChI=1S/C23H29N3O3/c1-3-4-15-26-21(27)16-20(22(26)17-8-10-19(29-2)11-9-17)23(28)25-14-12-18-7-5-6-13-24-18/h5-11,13,20,22H,3-4,12,14-16H2,1-2H3,(H,25,28). The third-order valence-corrected chi connectivity index (χ3v) is 5.38. The van der Waals surface area contributed by atoms with Crippen LogP contribution in [0.1, 0.15) is 43.5 Å². The molecule has 0 spiro atoms. The quantitative estimate of drug-likeness (QED) is 0.708. The molecule has 2 atom stereocenters. The van der Waals surface area contributed by atoms with Crippen molar-refractivity contribution in [3.63, 3.8) is 0 Å². The van der Waals surface area contributed by atoms with E-state index in [9.17, 15) is 9.59 Å². The minimum absolute atomic E-state index is 0.0455. The van der Waals surface area contributed by atoms with Crippen LogP contribution in [0.4, 0.5) is 0 Å². The van der Waals surface area contributed by atoms with Gasteiger partial charge in [-0.3, -0.25) is 14.6 Å². The SMILES string of the molecule is CCCCN1C(=O)CC(C(=O)NCCc2ccccn2)C1c1ccc(OC)cc1. The van der Waals surface area contributed by atoms with Gasteiger partial charge in [0.2, 0.25) is 11.8 Å². The van der Waals surface area contributed by atoms with Crippen LogP contribution < -0.4 is 10.1 Å². The van der Waals surface area contributed by atoms with Gasteiger partial charge in [-0.2, -0.15) is 0 Å². The maximum atomic E-state index is 13.0. The van der Waals surface area contributed by atoms with Crippen LogP contribution in [-0.2, 0) is 16.0 Å². The Morgan fingerprint density at radius 1 is 1.24 bits per heavy atom. The molecular formula is C23H29N3O3. The molecule has 1 aromatic carbocycles. The third kappa shape index (κ3) is 5.13. The van der Waals surface area contributed by atoms with Gasteiger partial charge in [-0.05, 0) is 36.2 Å². The highest BCUT2D eigenvalue weighted by molar-refractivity contribution is 5.90. The molecule has 2 unspecified atom stereocenters. The number of rotatable bonds is 9. The van der Waals surface area contributed by atoms with Crippen LogP contribution in [0.25, 0.3) is 0 Å². The summed E-state index contributed by atoms with van der Waals surface area (Å²) in [6.45, 7) is 3.28. The molecule has 1 N–H and O–H groups in total. The fourth-order valence-corrected chi connectivity index (χ4v) is 3.82. The highest BCUT2D eigenvalue weighted by Gasteiger charge is 2.43. The molecular weight excluding hydrogens is 366 g/mol. The van der Waals surface area contributed by atoms with Gasteiger partial charge in [-0.15, -0.1) is 0 Å². The lowest BCUT2D eigenvalue weighted by Crippen LogP contribution is -2.36. The van der Waals surface area contributed by atoms with Crippen molar-refractivity contribution < 1.29 is 14.3 Å². The molecule has 0 saturated carbocycles. The second-order valence-electron chi connectivity index (χ2n) is 7.33. The first kappa shape index (κ1) is 20.8. The van der Waals surface area contributed by atoms with E-state index in [-0.39, 0.29) is 24.3 Å². The highest BCUT2D eigenvalue weighted by atomic mass is 16.5. The molecule has 1 aliphatic heterocycles. The number of carbonyl (C=O) groups excluding carboxylic acids is 2. The lowest BCUT2D eigenvalue weighted by Gasteiger charge is -2.28. The van der Waals surface area contributed by atoms with Crippen molar-refractivity contribution in [3.8, 4) is 5.75 Å². The monoisotopic (exact) mass is 395 g/mol. The number of hydrogen-bond donors (Lipinski definition) is 1. The van der Waals surface area contributed by atoms with Gasteiger partial charge in [0.1, 0.15) is 5.75 Å². The van der Waals surface area contributed by atoms with E-state index in [1.807, 2.05) is 47.4 Å². The van der Waals surface area contributed by atoms with E-state index in [1.165, 1.54) is 0 Å².